The first kappa shape index (κ1) is 21.2. The van der Waals surface area contributed by atoms with E-state index < -0.39 is 0 Å². The van der Waals surface area contributed by atoms with Gasteiger partial charge >= 0.3 is 0 Å². The van der Waals surface area contributed by atoms with Crippen molar-refractivity contribution >= 4 is 5.69 Å². The van der Waals surface area contributed by atoms with Gasteiger partial charge in [0, 0.05) is 45.0 Å². The summed E-state index contributed by atoms with van der Waals surface area (Å²) >= 11 is 0. The van der Waals surface area contributed by atoms with Gasteiger partial charge in [-0.3, -0.25) is 0 Å². The smallest absolute Gasteiger partial charge is 0.0367 e. The second kappa shape index (κ2) is 11.6. The predicted octanol–water partition coefficient (Wildman–Crippen LogP) is 3.29. The van der Waals surface area contributed by atoms with Gasteiger partial charge in [-0.15, -0.1) is 0 Å². The molecule has 2 fully saturated rings. The molecule has 2 aliphatic heterocycles. The summed E-state index contributed by atoms with van der Waals surface area (Å²) in [7, 11) is 2.27. The molecule has 1 N–H and O–H groups in total. The van der Waals surface area contributed by atoms with Gasteiger partial charge in [-0.25, -0.2) is 0 Å². The van der Waals surface area contributed by atoms with Crippen LogP contribution in [-0.2, 0) is 6.54 Å². The van der Waals surface area contributed by atoms with Gasteiger partial charge in [0.25, 0.3) is 0 Å². The molecular formula is C22H40N4. The molecule has 4 heteroatoms. The zero-order valence-electron chi connectivity index (χ0n) is 17.5. The fraction of sp³-hybridized carbons (Fsp3) is 0.727. The van der Waals surface area contributed by atoms with Gasteiger partial charge in [0.05, 0.1) is 0 Å². The lowest BCUT2D eigenvalue weighted by molar-refractivity contribution is 0.157. The first-order chi connectivity index (χ1) is 12.7. The van der Waals surface area contributed by atoms with E-state index in [9.17, 15) is 0 Å². The van der Waals surface area contributed by atoms with E-state index in [0.717, 1.165) is 38.6 Å². The molecule has 0 aromatic heterocycles. The van der Waals surface area contributed by atoms with E-state index in [0.29, 0.717) is 0 Å². The van der Waals surface area contributed by atoms with E-state index in [-0.39, 0.29) is 0 Å². The van der Waals surface area contributed by atoms with Crippen molar-refractivity contribution < 1.29 is 0 Å². The van der Waals surface area contributed by atoms with Gasteiger partial charge in [-0.2, -0.15) is 0 Å². The van der Waals surface area contributed by atoms with Gasteiger partial charge in [-0.1, -0.05) is 32.9 Å². The van der Waals surface area contributed by atoms with Crippen molar-refractivity contribution in [3.8, 4) is 0 Å². The van der Waals surface area contributed by atoms with Crippen molar-refractivity contribution in [3.63, 3.8) is 0 Å². The molecule has 4 nitrogen and oxygen atoms in total. The molecule has 148 valence electrons. The molecule has 0 spiro atoms. The Morgan fingerprint density at radius 2 is 1.62 bits per heavy atom. The maximum atomic E-state index is 3.42. The number of nitrogens with one attached hydrogen (secondary N) is 1. The molecule has 0 bridgehead atoms. The summed E-state index contributed by atoms with van der Waals surface area (Å²) in [5.74, 6) is 0.873. The minimum atomic E-state index is 0.873. The van der Waals surface area contributed by atoms with E-state index in [2.05, 4.69) is 58.3 Å². The fourth-order valence-electron chi connectivity index (χ4n) is 4.04. The van der Waals surface area contributed by atoms with Crippen LogP contribution in [0.2, 0.25) is 0 Å². The quantitative estimate of drug-likeness (QED) is 0.840. The van der Waals surface area contributed by atoms with Gasteiger partial charge < -0.3 is 20.0 Å². The molecule has 3 rings (SSSR count). The first-order valence-corrected chi connectivity index (χ1v) is 10.7. The van der Waals surface area contributed by atoms with E-state index in [1.165, 1.54) is 50.3 Å². The largest absolute Gasteiger partial charge is 0.369 e. The molecule has 0 amide bonds. The third-order valence-corrected chi connectivity index (χ3v) is 5.60. The van der Waals surface area contributed by atoms with Crippen LogP contribution in [0.15, 0.2) is 24.3 Å². The van der Waals surface area contributed by atoms with Crippen LogP contribution in [-0.4, -0.2) is 69.2 Å². The second-order valence-corrected chi connectivity index (χ2v) is 7.48. The molecular weight excluding hydrogens is 320 g/mol. The Morgan fingerprint density at radius 1 is 1.00 bits per heavy atom. The Labute approximate surface area is 161 Å². The molecule has 2 aliphatic rings. The Balaban J connectivity index is 0.00000117. The van der Waals surface area contributed by atoms with Gasteiger partial charge in [0.15, 0.2) is 0 Å². The van der Waals surface area contributed by atoms with Gasteiger partial charge in [0.2, 0.25) is 0 Å². The van der Waals surface area contributed by atoms with Crippen LogP contribution in [0.3, 0.4) is 0 Å². The average molecular weight is 361 g/mol. The first-order valence-electron chi connectivity index (χ1n) is 10.7. The second-order valence-electron chi connectivity index (χ2n) is 7.48. The number of rotatable bonds is 6. The number of anilines is 1. The standard InChI is InChI=1S/C20H34N4.C2H6/c1-3-23-12-8-19(9-13-23)17-22(2)16-18-4-6-20(7-5-18)24-14-10-21-11-15-24;1-2/h4-7,19,21H,3,8-17H2,1-2H3;1-2H3. The van der Waals surface area contributed by atoms with Crippen LogP contribution in [0.25, 0.3) is 0 Å². The highest BCUT2D eigenvalue weighted by molar-refractivity contribution is 5.48. The zero-order valence-corrected chi connectivity index (χ0v) is 17.5. The Kier molecular flexibility index (Phi) is 9.44. The molecule has 2 heterocycles. The highest BCUT2D eigenvalue weighted by Crippen LogP contribution is 2.20. The lowest BCUT2D eigenvalue weighted by Crippen LogP contribution is -2.43. The van der Waals surface area contributed by atoms with Crippen molar-refractivity contribution in [1.29, 1.82) is 0 Å². The van der Waals surface area contributed by atoms with Crippen LogP contribution in [0.4, 0.5) is 5.69 Å². The van der Waals surface area contributed by atoms with Crippen molar-refractivity contribution in [2.75, 3.05) is 64.3 Å². The van der Waals surface area contributed by atoms with Crippen LogP contribution in [0.5, 0.6) is 0 Å². The third-order valence-electron chi connectivity index (χ3n) is 5.60. The number of benzene rings is 1. The van der Waals surface area contributed by atoms with Gasteiger partial charge in [-0.05, 0) is 63.1 Å². The Bertz CT molecular complexity index is 473. The molecule has 2 saturated heterocycles. The number of hydrogen-bond donors (Lipinski definition) is 1. The fourth-order valence-corrected chi connectivity index (χ4v) is 4.04. The molecule has 26 heavy (non-hydrogen) atoms. The molecule has 0 atom stereocenters. The SMILES string of the molecule is CC.CCN1CCC(CN(C)Cc2ccc(N3CCNCC3)cc2)CC1. The van der Waals surface area contributed by atoms with E-state index >= 15 is 0 Å². The van der Waals surface area contributed by atoms with Crippen LogP contribution >= 0.6 is 0 Å². The van der Waals surface area contributed by atoms with Crippen molar-refractivity contribution in [2.24, 2.45) is 5.92 Å². The van der Waals surface area contributed by atoms with Crippen LogP contribution in [0.1, 0.15) is 39.2 Å². The number of hydrogen-bond acceptors (Lipinski definition) is 4. The van der Waals surface area contributed by atoms with Crippen LogP contribution in [0, 0.1) is 5.92 Å². The minimum absolute atomic E-state index is 0.873. The molecule has 1 aromatic carbocycles. The van der Waals surface area contributed by atoms with E-state index in [1.807, 2.05) is 13.8 Å². The summed E-state index contributed by atoms with van der Waals surface area (Å²) in [4.78, 5) is 7.56. The topological polar surface area (TPSA) is 21.8 Å². The van der Waals surface area contributed by atoms with Crippen molar-refractivity contribution in [3.05, 3.63) is 29.8 Å². The highest BCUT2D eigenvalue weighted by atomic mass is 15.2. The lowest BCUT2D eigenvalue weighted by Gasteiger charge is -2.33. The Morgan fingerprint density at radius 3 is 2.19 bits per heavy atom. The molecule has 0 unspecified atom stereocenters. The van der Waals surface area contributed by atoms with Crippen molar-refractivity contribution in [2.45, 2.75) is 40.2 Å². The summed E-state index contributed by atoms with van der Waals surface area (Å²) in [5.41, 5.74) is 2.80. The summed E-state index contributed by atoms with van der Waals surface area (Å²) in [6.07, 6.45) is 2.72. The van der Waals surface area contributed by atoms with Crippen molar-refractivity contribution in [1.82, 2.24) is 15.1 Å². The number of piperazine rings is 1. The Hall–Kier alpha value is -1.10. The molecule has 0 saturated carbocycles. The zero-order chi connectivity index (χ0) is 18.8. The minimum Gasteiger partial charge on any atom is -0.369 e. The van der Waals surface area contributed by atoms with Gasteiger partial charge in [0.1, 0.15) is 0 Å². The summed E-state index contributed by atoms with van der Waals surface area (Å²) in [6, 6.07) is 9.23. The molecule has 0 radical (unpaired) electrons. The predicted molar refractivity (Wildman–Crippen MR) is 114 cm³/mol. The number of likely N-dealkylation sites (tertiary alicyclic amines) is 1. The van der Waals surface area contributed by atoms with E-state index in [1.54, 1.807) is 0 Å². The normalized spacial score (nSPS) is 19.3. The number of piperidine rings is 1. The monoisotopic (exact) mass is 360 g/mol. The molecule has 0 aliphatic carbocycles. The maximum absolute atomic E-state index is 3.42. The summed E-state index contributed by atoms with van der Waals surface area (Å²) in [6.45, 7) is 16.8. The summed E-state index contributed by atoms with van der Waals surface area (Å²) in [5, 5.41) is 3.42. The van der Waals surface area contributed by atoms with Crippen LogP contribution < -0.4 is 10.2 Å². The highest BCUT2D eigenvalue weighted by Gasteiger charge is 2.19. The molecule has 1 aromatic rings. The summed E-state index contributed by atoms with van der Waals surface area (Å²) < 4.78 is 0. The maximum Gasteiger partial charge on any atom is 0.0367 e. The lowest BCUT2D eigenvalue weighted by atomic mass is 9.96. The average Bonchev–Trinajstić information content (AvgIpc) is 2.71. The van der Waals surface area contributed by atoms with E-state index in [4.69, 9.17) is 0 Å². The third kappa shape index (κ3) is 6.57. The number of nitrogens with zero attached hydrogens (tertiary/aromatic N) is 3.